The van der Waals surface area contributed by atoms with Crippen LogP contribution in [0.3, 0.4) is 0 Å². The Labute approximate surface area is 112 Å². The van der Waals surface area contributed by atoms with E-state index < -0.39 is 0 Å². The summed E-state index contributed by atoms with van der Waals surface area (Å²) in [6.07, 6.45) is 2.02. The van der Waals surface area contributed by atoms with Crippen LogP contribution in [-0.4, -0.2) is 10.2 Å². The van der Waals surface area contributed by atoms with Gasteiger partial charge in [-0.3, -0.25) is 4.79 Å². The molecular formula is C17H15NO. The van der Waals surface area contributed by atoms with E-state index in [-0.39, 0.29) is 5.78 Å². The monoisotopic (exact) mass is 249 g/mol. The molecule has 0 saturated heterocycles. The smallest absolute Gasteiger partial charge is 0.159 e. The van der Waals surface area contributed by atoms with Crippen LogP contribution in [0.25, 0.3) is 22.0 Å². The van der Waals surface area contributed by atoms with Crippen molar-refractivity contribution < 1.29 is 4.79 Å². The molecule has 0 saturated carbocycles. The van der Waals surface area contributed by atoms with E-state index >= 15 is 0 Å². The maximum Gasteiger partial charge on any atom is 0.159 e. The predicted molar refractivity (Wildman–Crippen MR) is 79.6 cm³/mol. The van der Waals surface area contributed by atoms with Gasteiger partial charge in [-0.1, -0.05) is 24.8 Å². The number of nitrogens with zero attached hydrogens (tertiary/aromatic N) is 1. The van der Waals surface area contributed by atoms with Crippen LogP contribution < -0.4 is 0 Å². The molecule has 3 rings (SSSR count). The molecule has 0 N–H and O–H groups in total. The fourth-order valence-corrected chi connectivity index (χ4v) is 2.60. The Hall–Kier alpha value is -2.35. The van der Waals surface area contributed by atoms with Crippen molar-refractivity contribution in [1.29, 1.82) is 0 Å². The lowest BCUT2D eigenvalue weighted by Gasteiger charge is -1.99. The van der Waals surface area contributed by atoms with Gasteiger partial charge in [-0.05, 0) is 37.6 Å². The maximum absolute atomic E-state index is 11.5. The van der Waals surface area contributed by atoms with Gasteiger partial charge in [0.2, 0.25) is 0 Å². The lowest BCUT2D eigenvalue weighted by atomic mass is 10.0. The van der Waals surface area contributed by atoms with Crippen LogP contribution in [0.1, 0.15) is 29.8 Å². The fourth-order valence-electron chi connectivity index (χ4n) is 2.60. The minimum Gasteiger partial charge on any atom is -0.316 e. The first-order chi connectivity index (χ1) is 9.09. The number of carbonyl (C=O) groups excluding carboxylic acids is 1. The summed E-state index contributed by atoms with van der Waals surface area (Å²) >= 11 is 0. The number of pyridine rings is 1. The third-order valence-corrected chi connectivity index (χ3v) is 3.48. The zero-order valence-corrected chi connectivity index (χ0v) is 11.1. The lowest BCUT2D eigenvalue weighted by molar-refractivity contribution is 0.101. The molecule has 2 heterocycles. The zero-order chi connectivity index (χ0) is 13.6. The molecule has 0 amide bonds. The van der Waals surface area contributed by atoms with Crippen molar-refractivity contribution in [1.82, 2.24) is 4.40 Å². The highest BCUT2D eigenvalue weighted by molar-refractivity contribution is 6.04. The van der Waals surface area contributed by atoms with Crippen molar-refractivity contribution in [3.8, 4) is 0 Å². The van der Waals surface area contributed by atoms with Gasteiger partial charge in [-0.25, -0.2) is 0 Å². The molecule has 94 valence electrons. The molecule has 1 aromatic carbocycles. The zero-order valence-electron chi connectivity index (χ0n) is 11.1. The number of fused-ring (bicyclic) bond motifs is 3. The predicted octanol–water partition coefficient (Wildman–Crippen LogP) is 4.33. The molecule has 2 aromatic heterocycles. The molecule has 19 heavy (non-hydrogen) atoms. The summed E-state index contributed by atoms with van der Waals surface area (Å²) in [5, 5.41) is 1.14. The number of rotatable bonds is 2. The Balaban J connectivity index is 2.52. The molecule has 0 aliphatic heterocycles. The van der Waals surface area contributed by atoms with Gasteiger partial charge in [0.05, 0.1) is 11.0 Å². The third kappa shape index (κ3) is 1.68. The second-order valence-electron chi connectivity index (χ2n) is 4.90. The molecule has 0 atom stereocenters. The minimum atomic E-state index is 0.0876. The van der Waals surface area contributed by atoms with Crippen molar-refractivity contribution in [2.45, 2.75) is 13.8 Å². The highest BCUT2D eigenvalue weighted by atomic mass is 16.1. The quantitative estimate of drug-likeness (QED) is 0.619. The van der Waals surface area contributed by atoms with Gasteiger partial charge < -0.3 is 4.40 Å². The summed E-state index contributed by atoms with van der Waals surface area (Å²) in [6.45, 7) is 7.68. The van der Waals surface area contributed by atoms with Crippen LogP contribution in [0.4, 0.5) is 0 Å². The van der Waals surface area contributed by atoms with E-state index in [2.05, 4.69) is 17.0 Å². The average Bonchev–Trinajstić information content (AvgIpc) is 2.72. The first-order valence-corrected chi connectivity index (χ1v) is 6.29. The van der Waals surface area contributed by atoms with E-state index in [1.165, 1.54) is 0 Å². The highest BCUT2D eigenvalue weighted by Crippen LogP contribution is 2.31. The van der Waals surface area contributed by atoms with Gasteiger partial charge in [-0.15, -0.1) is 0 Å². The second-order valence-corrected chi connectivity index (χ2v) is 4.90. The Morgan fingerprint density at radius 1 is 1.11 bits per heavy atom. The van der Waals surface area contributed by atoms with E-state index in [4.69, 9.17) is 0 Å². The van der Waals surface area contributed by atoms with E-state index in [1.54, 1.807) is 6.92 Å². The molecule has 0 fully saturated rings. The summed E-state index contributed by atoms with van der Waals surface area (Å²) < 4.78 is 2.12. The lowest BCUT2D eigenvalue weighted by Crippen LogP contribution is -1.91. The van der Waals surface area contributed by atoms with Gasteiger partial charge in [0, 0.05) is 22.7 Å². The van der Waals surface area contributed by atoms with E-state index in [0.717, 1.165) is 33.1 Å². The minimum absolute atomic E-state index is 0.0876. The summed E-state index contributed by atoms with van der Waals surface area (Å²) in [5.74, 6) is 0.0876. The molecule has 0 spiro atoms. The Morgan fingerprint density at radius 3 is 2.58 bits per heavy atom. The Bertz CT molecular complexity index is 824. The van der Waals surface area contributed by atoms with Crippen molar-refractivity contribution in [3.63, 3.8) is 0 Å². The number of carbonyl (C=O) groups is 1. The second kappa shape index (κ2) is 4.09. The number of benzene rings is 1. The van der Waals surface area contributed by atoms with Crippen LogP contribution >= 0.6 is 0 Å². The molecular weight excluding hydrogens is 234 g/mol. The number of hydrogen-bond acceptors (Lipinski definition) is 1. The number of ketones is 1. The number of allylic oxidation sites excluding steroid dienone is 1. The van der Waals surface area contributed by atoms with Crippen molar-refractivity contribution in [3.05, 3.63) is 60.3 Å². The van der Waals surface area contributed by atoms with Gasteiger partial charge in [-0.2, -0.15) is 0 Å². The van der Waals surface area contributed by atoms with Gasteiger partial charge >= 0.3 is 0 Å². The van der Waals surface area contributed by atoms with Gasteiger partial charge in [0.1, 0.15) is 0 Å². The van der Waals surface area contributed by atoms with Crippen molar-refractivity contribution in [2.75, 3.05) is 0 Å². The summed E-state index contributed by atoms with van der Waals surface area (Å²) in [5.41, 5.74) is 5.12. The molecule has 2 heteroatoms. The molecule has 0 radical (unpaired) electrons. The largest absolute Gasteiger partial charge is 0.316 e. The Kier molecular flexibility index (Phi) is 2.53. The standard InChI is InChI=1S/C17H15NO/c1-11(2)17-14-8-7-13(12(3)19)10-16(14)18-9-5-4-6-15(17)18/h4-10H,1H2,2-3H3. The van der Waals surface area contributed by atoms with E-state index in [1.807, 2.05) is 43.5 Å². The number of Topliss-reactive ketones (excluding diaryl/α,β-unsaturated/α-hetero) is 1. The van der Waals surface area contributed by atoms with E-state index in [0.29, 0.717) is 0 Å². The van der Waals surface area contributed by atoms with E-state index in [9.17, 15) is 4.79 Å². The SMILES string of the molecule is C=C(C)c1c2ccc(C(C)=O)cc2n2ccccc12. The summed E-state index contributed by atoms with van der Waals surface area (Å²) in [7, 11) is 0. The summed E-state index contributed by atoms with van der Waals surface area (Å²) in [6, 6.07) is 12.0. The molecule has 0 aliphatic carbocycles. The first-order valence-electron chi connectivity index (χ1n) is 6.29. The molecule has 0 aliphatic rings. The maximum atomic E-state index is 11.5. The molecule has 3 aromatic rings. The Morgan fingerprint density at radius 2 is 1.89 bits per heavy atom. The van der Waals surface area contributed by atoms with Crippen LogP contribution in [0.15, 0.2) is 49.2 Å². The van der Waals surface area contributed by atoms with Gasteiger partial charge in [0.25, 0.3) is 0 Å². The topological polar surface area (TPSA) is 21.5 Å². The fraction of sp³-hybridized carbons (Fsp3) is 0.118. The normalized spacial score (nSPS) is 11.1. The van der Waals surface area contributed by atoms with Gasteiger partial charge in [0.15, 0.2) is 5.78 Å². The van der Waals surface area contributed by atoms with Crippen molar-refractivity contribution in [2.24, 2.45) is 0 Å². The molecule has 0 unspecified atom stereocenters. The third-order valence-electron chi connectivity index (χ3n) is 3.48. The molecule has 2 nitrogen and oxygen atoms in total. The van der Waals surface area contributed by atoms with Crippen LogP contribution in [0.5, 0.6) is 0 Å². The average molecular weight is 249 g/mol. The first kappa shape index (κ1) is 11.7. The van der Waals surface area contributed by atoms with Crippen LogP contribution in [0.2, 0.25) is 0 Å². The highest BCUT2D eigenvalue weighted by Gasteiger charge is 2.13. The number of aromatic nitrogens is 1. The van der Waals surface area contributed by atoms with Crippen molar-refractivity contribution >= 4 is 27.8 Å². The van der Waals surface area contributed by atoms with Crippen LogP contribution in [-0.2, 0) is 0 Å². The number of hydrogen-bond donors (Lipinski definition) is 0. The summed E-state index contributed by atoms with van der Waals surface area (Å²) in [4.78, 5) is 11.5. The molecule has 0 bridgehead atoms. The van der Waals surface area contributed by atoms with Crippen LogP contribution in [0, 0.1) is 0 Å².